The number of nitrogens with one attached hydrogen (secondary N) is 2. The first-order valence-corrected chi connectivity index (χ1v) is 5.62. The van der Waals surface area contributed by atoms with Crippen LogP contribution in [0.3, 0.4) is 0 Å². The third-order valence-electron chi connectivity index (χ3n) is 2.31. The van der Waals surface area contributed by atoms with E-state index in [2.05, 4.69) is 30.5 Å². The molecule has 0 spiro atoms. The predicted octanol–water partition coefficient (Wildman–Crippen LogP) is 0.819. The van der Waals surface area contributed by atoms with Crippen molar-refractivity contribution in [1.29, 1.82) is 5.26 Å². The van der Waals surface area contributed by atoms with Gasteiger partial charge in [0, 0.05) is 18.7 Å². The molecule has 0 fully saturated rings. The van der Waals surface area contributed by atoms with Crippen LogP contribution < -0.4 is 5.32 Å². The zero-order chi connectivity index (χ0) is 12.8. The number of aryl methyl sites for hydroxylation is 2. The van der Waals surface area contributed by atoms with Crippen molar-refractivity contribution in [3.05, 3.63) is 29.6 Å². The van der Waals surface area contributed by atoms with E-state index in [1.807, 2.05) is 13.0 Å². The summed E-state index contributed by atoms with van der Waals surface area (Å²) in [4.78, 5) is 12.3. The molecular weight excluding hydrogens is 230 g/mol. The second kappa shape index (κ2) is 5.72. The lowest BCUT2D eigenvalue weighted by atomic mass is 10.3. The average molecular weight is 243 g/mol. The van der Waals surface area contributed by atoms with Crippen LogP contribution in [0.25, 0.3) is 0 Å². The molecule has 2 aromatic rings. The van der Waals surface area contributed by atoms with Gasteiger partial charge in [0.15, 0.2) is 0 Å². The van der Waals surface area contributed by atoms with E-state index in [1.165, 1.54) is 6.33 Å². The first-order valence-electron chi connectivity index (χ1n) is 5.62. The minimum atomic E-state index is 0.375. The van der Waals surface area contributed by atoms with Crippen molar-refractivity contribution >= 4 is 5.95 Å². The van der Waals surface area contributed by atoms with Gasteiger partial charge in [-0.3, -0.25) is 5.10 Å². The van der Waals surface area contributed by atoms with E-state index in [-0.39, 0.29) is 0 Å². The highest BCUT2D eigenvalue weighted by Gasteiger charge is 2.01. The van der Waals surface area contributed by atoms with Crippen molar-refractivity contribution in [2.24, 2.45) is 0 Å². The van der Waals surface area contributed by atoms with Gasteiger partial charge in [-0.2, -0.15) is 10.4 Å². The highest BCUT2D eigenvalue weighted by Crippen LogP contribution is 2.04. The normalized spacial score (nSPS) is 10.0. The topological polar surface area (TPSA) is 103 Å². The third kappa shape index (κ3) is 3.25. The van der Waals surface area contributed by atoms with E-state index in [0.29, 0.717) is 11.6 Å². The lowest BCUT2D eigenvalue weighted by Crippen LogP contribution is -2.08. The van der Waals surface area contributed by atoms with Crippen LogP contribution in [0.2, 0.25) is 0 Å². The fourth-order valence-corrected chi connectivity index (χ4v) is 1.51. The molecule has 92 valence electrons. The van der Waals surface area contributed by atoms with Crippen molar-refractivity contribution in [1.82, 2.24) is 25.1 Å². The number of anilines is 1. The quantitative estimate of drug-likeness (QED) is 0.753. The molecule has 7 nitrogen and oxygen atoms in total. The van der Waals surface area contributed by atoms with Crippen LogP contribution in [0.4, 0.5) is 5.95 Å². The summed E-state index contributed by atoms with van der Waals surface area (Å²) in [6.07, 6.45) is 3.18. The molecule has 7 heteroatoms. The molecule has 0 aliphatic heterocycles. The van der Waals surface area contributed by atoms with Crippen LogP contribution >= 0.6 is 0 Å². The lowest BCUT2D eigenvalue weighted by Gasteiger charge is -2.04. The maximum absolute atomic E-state index is 8.80. The number of aromatic amines is 1. The molecule has 2 rings (SSSR count). The third-order valence-corrected chi connectivity index (χ3v) is 2.31. The molecular formula is C11H13N7. The van der Waals surface area contributed by atoms with E-state index in [1.54, 1.807) is 6.07 Å². The van der Waals surface area contributed by atoms with Gasteiger partial charge in [-0.05, 0) is 19.4 Å². The summed E-state index contributed by atoms with van der Waals surface area (Å²) in [5.41, 5.74) is 1.15. The van der Waals surface area contributed by atoms with Gasteiger partial charge in [-0.25, -0.2) is 15.0 Å². The molecule has 0 saturated carbocycles. The second-order valence-electron chi connectivity index (χ2n) is 3.79. The number of nitrogens with zero attached hydrogens (tertiary/aromatic N) is 5. The van der Waals surface area contributed by atoms with Gasteiger partial charge in [0.25, 0.3) is 0 Å². The van der Waals surface area contributed by atoms with Crippen molar-refractivity contribution in [3.8, 4) is 6.07 Å². The molecule has 0 atom stereocenters. The zero-order valence-electron chi connectivity index (χ0n) is 10.0. The largest absolute Gasteiger partial charge is 0.354 e. The SMILES string of the molecule is Cc1cc(C#N)nc(NCCCc2ncn[nH]2)n1. The molecule has 0 radical (unpaired) electrons. The summed E-state index contributed by atoms with van der Waals surface area (Å²) in [7, 11) is 0. The maximum atomic E-state index is 8.80. The van der Waals surface area contributed by atoms with Crippen molar-refractivity contribution in [2.75, 3.05) is 11.9 Å². The number of aromatic nitrogens is 5. The highest BCUT2D eigenvalue weighted by molar-refractivity contribution is 5.32. The van der Waals surface area contributed by atoms with E-state index in [0.717, 1.165) is 30.9 Å². The van der Waals surface area contributed by atoms with E-state index < -0.39 is 0 Å². The first-order chi connectivity index (χ1) is 8.78. The Balaban J connectivity index is 1.83. The maximum Gasteiger partial charge on any atom is 0.224 e. The zero-order valence-corrected chi connectivity index (χ0v) is 10.0. The highest BCUT2D eigenvalue weighted by atomic mass is 15.2. The van der Waals surface area contributed by atoms with Crippen LogP contribution in [-0.2, 0) is 6.42 Å². The summed E-state index contributed by atoms with van der Waals surface area (Å²) < 4.78 is 0. The van der Waals surface area contributed by atoms with Gasteiger partial charge < -0.3 is 5.32 Å². The summed E-state index contributed by atoms with van der Waals surface area (Å²) in [6.45, 7) is 2.55. The van der Waals surface area contributed by atoms with Crippen molar-refractivity contribution in [3.63, 3.8) is 0 Å². The van der Waals surface area contributed by atoms with Crippen LogP contribution in [-0.4, -0.2) is 31.7 Å². The van der Waals surface area contributed by atoms with Crippen LogP contribution in [0.15, 0.2) is 12.4 Å². The number of rotatable bonds is 5. The van der Waals surface area contributed by atoms with E-state index in [4.69, 9.17) is 5.26 Å². The smallest absolute Gasteiger partial charge is 0.224 e. The molecule has 0 saturated heterocycles. The van der Waals surface area contributed by atoms with Crippen LogP contribution in [0, 0.1) is 18.3 Å². The summed E-state index contributed by atoms with van der Waals surface area (Å²) in [6, 6.07) is 3.66. The number of hydrogen-bond donors (Lipinski definition) is 2. The van der Waals surface area contributed by atoms with Crippen LogP contribution in [0.5, 0.6) is 0 Å². The standard InChI is InChI=1S/C11H13N7/c1-8-5-9(6-12)17-11(16-8)13-4-2-3-10-14-7-15-18-10/h5,7H,2-4H2,1H3,(H,13,16,17)(H,14,15,18). The predicted molar refractivity (Wildman–Crippen MR) is 64.7 cm³/mol. The Morgan fingerprint density at radius 1 is 1.44 bits per heavy atom. The Bertz CT molecular complexity index is 541. The van der Waals surface area contributed by atoms with E-state index >= 15 is 0 Å². The summed E-state index contributed by atoms with van der Waals surface area (Å²) in [5, 5.41) is 18.5. The first kappa shape index (κ1) is 12.0. The van der Waals surface area contributed by atoms with Crippen LogP contribution in [0.1, 0.15) is 23.6 Å². The number of nitriles is 1. The Hall–Kier alpha value is -2.49. The molecule has 0 amide bonds. The average Bonchev–Trinajstić information content (AvgIpc) is 2.87. The van der Waals surface area contributed by atoms with Gasteiger partial charge in [0.1, 0.15) is 23.9 Å². The molecule has 0 aliphatic carbocycles. The fraction of sp³-hybridized carbons (Fsp3) is 0.364. The molecule has 2 heterocycles. The molecule has 18 heavy (non-hydrogen) atoms. The minimum absolute atomic E-state index is 0.375. The molecule has 0 unspecified atom stereocenters. The van der Waals surface area contributed by atoms with Gasteiger partial charge in [0.05, 0.1) is 0 Å². The molecule has 0 aromatic carbocycles. The van der Waals surface area contributed by atoms with Gasteiger partial charge in [0.2, 0.25) is 5.95 Å². The van der Waals surface area contributed by atoms with Crippen molar-refractivity contribution in [2.45, 2.75) is 19.8 Å². The van der Waals surface area contributed by atoms with Gasteiger partial charge >= 0.3 is 0 Å². The Morgan fingerprint density at radius 2 is 2.33 bits per heavy atom. The van der Waals surface area contributed by atoms with E-state index in [9.17, 15) is 0 Å². The minimum Gasteiger partial charge on any atom is -0.354 e. The molecule has 2 N–H and O–H groups in total. The fourth-order valence-electron chi connectivity index (χ4n) is 1.51. The number of H-pyrrole nitrogens is 1. The summed E-state index contributed by atoms with van der Waals surface area (Å²) in [5.74, 6) is 1.35. The van der Waals surface area contributed by atoms with Gasteiger partial charge in [-0.15, -0.1) is 0 Å². The Kier molecular flexibility index (Phi) is 3.81. The second-order valence-corrected chi connectivity index (χ2v) is 3.79. The summed E-state index contributed by atoms with van der Waals surface area (Å²) >= 11 is 0. The number of hydrogen-bond acceptors (Lipinski definition) is 6. The Labute approximate surface area is 104 Å². The molecule has 0 bridgehead atoms. The lowest BCUT2D eigenvalue weighted by molar-refractivity contribution is 0.799. The molecule has 2 aromatic heterocycles. The van der Waals surface area contributed by atoms with Gasteiger partial charge in [-0.1, -0.05) is 0 Å². The monoisotopic (exact) mass is 243 g/mol. The molecule has 0 aliphatic rings. The Morgan fingerprint density at radius 3 is 3.06 bits per heavy atom. The van der Waals surface area contributed by atoms with Crippen molar-refractivity contribution < 1.29 is 0 Å².